The van der Waals surface area contributed by atoms with Crippen LogP contribution in [0.5, 0.6) is 0 Å². The van der Waals surface area contributed by atoms with E-state index in [0.717, 1.165) is 122 Å². The van der Waals surface area contributed by atoms with Crippen molar-refractivity contribution in [1.29, 1.82) is 0 Å². The molecule has 0 aromatic heterocycles. The first-order valence-electron chi connectivity index (χ1n) is 31.4. The average molecular weight is 1040 g/mol. The van der Waals surface area contributed by atoms with E-state index in [1.54, 1.807) is 0 Å². The molecule has 0 saturated heterocycles. The lowest BCUT2D eigenvalue weighted by Crippen LogP contribution is -2.30. The first-order valence-corrected chi connectivity index (χ1v) is 31.4. The smallest absolute Gasteiger partial charge is 0.306 e. The molecular formula is C69H116O6. The monoisotopic (exact) mass is 1040 g/mol. The van der Waals surface area contributed by atoms with E-state index in [-0.39, 0.29) is 31.1 Å². The van der Waals surface area contributed by atoms with Crippen LogP contribution in [0.3, 0.4) is 0 Å². The summed E-state index contributed by atoms with van der Waals surface area (Å²) in [4.78, 5) is 38.3. The van der Waals surface area contributed by atoms with Gasteiger partial charge in [-0.3, -0.25) is 14.4 Å². The van der Waals surface area contributed by atoms with Gasteiger partial charge in [-0.25, -0.2) is 0 Å². The fourth-order valence-corrected chi connectivity index (χ4v) is 8.60. The summed E-state index contributed by atoms with van der Waals surface area (Å²) in [5.41, 5.74) is 0. The summed E-state index contributed by atoms with van der Waals surface area (Å²) in [6.07, 6.45) is 85.2. The summed E-state index contributed by atoms with van der Waals surface area (Å²) < 4.78 is 16.9. The molecule has 1 atom stereocenters. The molecule has 0 aliphatic carbocycles. The fourth-order valence-electron chi connectivity index (χ4n) is 8.60. The van der Waals surface area contributed by atoms with E-state index < -0.39 is 6.10 Å². The largest absolute Gasteiger partial charge is 0.462 e. The van der Waals surface area contributed by atoms with Crippen molar-refractivity contribution in [3.8, 4) is 0 Å². The molecule has 1 unspecified atom stereocenters. The van der Waals surface area contributed by atoms with Crippen molar-refractivity contribution in [1.82, 2.24) is 0 Å². The lowest BCUT2D eigenvalue weighted by molar-refractivity contribution is -0.167. The van der Waals surface area contributed by atoms with Gasteiger partial charge < -0.3 is 14.2 Å². The van der Waals surface area contributed by atoms with Gasteiger partial charge in [0.15, 0.2) is 6.10 Å². The number of carbonyl (C=O) groups excluding carboxylic acids is 3. The van der Waals surface area contributed by atoms with Crippen LogP contribution >= 0.6 is 0 Å². The average Bonchev–Trinajstić information content (AvgIpc) is 3.41. The highest BCUT2D eigenvalue weighted by Gasteiger charge is 2.19. The minimum atomic E-state index is -0.806. The van der Waals surface area contributed by atoms with Crippen LogP contribution in [0, 0.1) is 0 Å². The normalized spacial score (nSPS) is 12.8. The second kappa shape index (κ2) is 62.6. The Morgan fingerprint density at radius 3 is 0.853 bits per heavy atom. The van der Waals surface area contributed by atoms with E-state index in [1.165, 1.54) is 128 Å². The Kier molecular flexibility index (Phi) is 59.3. The van der Waals surface area contributed by atoms with E-state index in [4.69, 9.17) is 14.2 Å². The Morgan fingerprint density at radius 2 is 0.520 bits per heavy atom. The van der Waals surface area contributed by atoms with Gasteiger partial charge in [0.2, 0.25) is 0 Å². The maximum Gasteiger partial charge on any atom is 0.306 e. The molecule has 0 aromatic carbocycles. The zero-order valence-electron chi connectivity index (χ0n) is 49.0. The Balaban J connectivity index is 4.41. The van der Waals surface area contributed by atoms with Gasteiger partial charge >= 0.3 is 17.9 Å². The number of esters is 3. The quantitative estimate of drug-likeness (QED) is 0.0261. The number of rotatable bonds is 56. The van der Waals surface area contributed by atoms with Crippen molar-refractivity contribution in [3.63, 3.8) is 0 Å². The molecule has 0 saturated carbocycles. The third-order valence-electron chi connectivity index (χ3n) is 13.2. The number of allylic oxidation sites excluding steroid dienone is 18. The molecule has 0 rings (SSSR count). The van der Waals surface area contributed by atoms with Crippen molar-refractivity contribution >= 4 is 17.9 Å². The van der Waals surface area contributed by atoms with Gasteiger partial charge in [0.25, 0.3) is 0 Å². The minimum Gasteiger partial charge on any atom is -0.462 e. The molecule has 0 radical (unpaired) electrons. The molecule has 0 amide bonds. The zero-order chi connectivity index (χ0) is 54.3. The number of ether oxygens (including phenoxy) is 3. The van der Waals surface area contributed by atoms with E-state index in [1.807, 2.05) is 0 Å². The predicted molar refractivity (Wildman–Crippen MR) is 325 cm³/mol. The molecule has 0 bridgehead atoms. The molecule has 0 fully saturated rings. The van der Waals surface area contributed by atoms with E-state index in [2.05, 4.69) is 130 Å². The first-order chi connectivity index (χ1) is 37.0. The van der Waals surface area contributed by atoms with Crippen LogP contribution in [0.2, 0.25) is 0 Å². The summed E-state index contributed by atoms with van der Waals surface area (Å²) in [5.74, 6) is -0.951. The van der Waals surface area contributed by atoms with Gasteiger partial charge in [0.1, 0.15) is 13.2 Å². The van der Waals surface area contributed by atoms with Crippen molar-refractivity contribution in [2.75, 3.05) is 13.2 Å². The molecule has 0 aromatic rings. The Morgan fingerprint density at radius 1 is 0.280 bits per heavy atom. The van der Waals surface area contributed by atoms with Crippen LogP contribution < -0.4 is 0 Å². The number of hydrogen-bond acceptors (Lipinski definition) is 6. The summed E-state index contributed by atoms with van der Waals surface area (Å²) in [7, 11) is 0. The third-order valence-corrected chi connectivity index (χ3v) is 13.2. The van der Waals surface area contributed by atoms with E-state index in [0.29, 0.717) is 19.3 Å². The Bertz CT molecular complexity index is 1520. The van der Waals surface area contributed by atoms with Crippen LogP contribution in [0.4, 0.5) is 0 Å². The SMILES string of the molecule is CC/C=C\C/C=C\C/C=C\C/C=C\CCCCCCCCC(=O)OC(COC(=O)CCCC/C=C\C/C=C\C/C=C\C/C=C\CC)COC(=O)CCCCCCCCCCCCC/C=C\CCCCCCCCCC. The van der Waals surface area contributed by atoms with Gasteiger partial charge in [-0.2, -0.15) is 0 Å². The topological polar surface area (TPSA) is 78.9 Å². The minimum absolute atomic E-state index is 0.0982. The summed E-state index contributed by atoms with van der Waals surface area (Å²) in [6.45, 7) is 6.38. The summed E-state index contributed by atoms with van der Waals surface area (Å²) in [6, 6.07) is 0. The highest BCUT2D eigenvalue weighted by Crippen LogP contribution is 2.16. The fraction of sp³-hybridized carbons (Fsp3) is 0.696. The molecule has 428 valence electrons. The van der Waals surface area contributed by atoms with Crippen LogP contribution in [0.1, 0.15) is 290 Å². The van der Waals surface area contributed by atoms with E-state index in [9.17, 15) is 14.4 Å². The lowest BCUT2D eigenvalue weighted by Gasteiger charge is -2.18. The van der Waals surface area contributed by atoms with Crippen LogP contribution in [-0.2, 0) is 28.6 Å². The molecule has 6 nitrogen and oxygen atoms in total. The van der Waals surface area contributed by atoms with Gasteiger partial charge in [0, 0.05) is 19.3 Å². The molecule has 0 aliphatic heterocycles. The summed E-state index contributed by atoms with van der Waals surface area (Å²) in [5, 5.41) is 0. The predicted octanol–water partition coefficient (Wildman–Crippen LogP) is 21.4. The second-order valence-corrected chi connectivity index (χ2v) is 20.5. The Labute approximate surface area is 463 Å². The maximum absolute atomic E-state index is 12.9. The van der Waals surface area contributed by atoms with Crippen LogP contribution in [0.15, 0.2) is 109 Å². The first kappa shape index (κ1) is 71.1. The number of unbranched alkanes of at least 4 members (excludes halogenated alkanes) is 27. The van der Waals surface area contributed by atoms with E-state index >= 15 is 0 Å². The zero-order valence-corrected chi connectivity index (χ0v) is 49.0. The maximum atomic E-state index is 12.9. The van der Waals surface area contributed by atoms with Crippen molar-refractivity contribution in [2.24, 2.45) is 0 Å². The van der Waals surface area contributed by atoms with Crippen molar-refractivity contribution in [2.45, 2.75) is 297 Å². The summed E-state index contributed by atoms with van der Waals surface area (Å²) >= 11 is 0. The molecule has 0 heterocycles. The van der Waals surface area contributed by atoms with Crippen molar-refractivity contribution < 1.29 is 28.6 Å². The molecule has 0 spiro atoms. The second-order valence-electron chi connectivity index (χ2n) is 20.5. The molecule has 0 aliphatic rings. The molecule has 0 N–H and O–H groups in total. The van der Waals surface area contributed by atoms with Crippen LogP contribution in [-0.4, -0.2) is 37.2 Å². The van der Waals surface area contributed by atoms with Gasteiger partial charge in [-0.05, 0) is 122 Å². The molecule has 6 heteroatoms. The highest BCUT2D eigenvalue weighted by molar-refractivity contribution is 5.71. The molecule has 75 heavy (non-hydrogen) atoms. The number of carbonyl (C=O) groups is 3. The third kappa shape index (κ3) is 60.8. The van der Waals surface area contributed by atoms with Gasteiger partial charge in [-0.15, -0.1) is 0 Å². The molecular weight excluding hydrogens is 925 g/mol. The van der Waals surface area contributed by atoms with Gasteiger partial charge in [-0.1, -0.05) is 259 Å². The number of hydrogen-bond donors (Lipinski definition) is 0. The standard InChI is InChI=1S/C69H116O6/c1-4-7-10-13-16-19-22-25-28-30-32-33-34-35-37-38-41-44-47-50-53-56-59-62-68(71)74-65-66(64-73-67(70)61-58-55-52-49-46-43-40-27-24-21-18-15-12-9-6-3)75-69(72)63-60-57-54-51-48-45-42-39-36-31-29-26-23-20-17-14-11-8-5-2/h8-9,11-12,17-18,20-21,26-27,29-30,32,36,39-40,46,49,66H,4-7,10,13-16,19,22-25,28,31,33-35,37-38,41-45,47-48,50-65H2,1-3H3/b11-8-,12-9-,20-17-,21-18-,29-26-,32-30-,39-36-,40-27-,49-46-. The lowest BCUT2D eigenvalue weighted by atomic mass is 10.0. The van der Waals surface area contributed by atoms with Crippen LogP contribution in [0.25, 0.3) is 0 Å². The van der Waals surface area contributed by atoms with Crippen molar-refractivity contribution in [3.05, 3.63) is 109 Å². The van der Waals surface area contributed by atoms with Gasteiger partial charge in [0.05, 0.1) is 0 Å². The Hall–Kier alpha value is -3.93. The highest BCUT2D eigenvalue weighted by atomic mass is 16.6.